The molecule has 1 amide bonds. The third kappa shape index (κ3) is 5.27. The smallest absolute Gasteiger partial charge is 0.377 e. The molecule has 0 radical (unpaired) electrons. The molecule has 0 aliphatic carbocycles. The number of piperidine rings is 1. The number of aromatic amines is 1. The SMILES string of the molecule is CN(Cc1ccccc1)C(=O)C[C@@H]1OC[C@H]2CN(Cc3ncc(C(F)(F)F)[nH]3)CC[C@H]21. The number of nitrogens with zero attached hydrogens (tertiary/aromatic N) is 3. The number of hydrogen-bond acceptors (Lipinski definition) is 4. The number of aromatic nitrogens is 2. The highest BCUT2D eigenvalue weighted by molar-refractivity contribution is 5.76. The number of imidazole rings is 1. The molecule has 2 aliphatic rings. The molecular formula is C22H27F3N4O2. The Bertz CT molecular complexity index is 886. The summed E-state index contributed by atoms with van der Waals surface area (Å²) in [5.74, 6) is 0.960. The Hall–Kier alpha value is -2.39. The zero-order chi connectivity index (χ0) is 22.0. The zero-order valence-corrected chi connectivity index (χ0v) is 17.4. The van der Waals surface area contributed by atoms with E-state index < -0.39 is 11.9 Å². The van der Waals surface area contributed by atoms with E-state index in [0.717, 1.165) is 31.3 Å². The summed E-state index contributed by atoms with van der Waals surface area (Å²) in [5.41, 5.74) is 0.267. The van der Waals surface area contributed by atoms with Crippen LogP contribution in [-0.2, 0) is 28.8 Å². The van der Waals surface area contributed by atoms with Gasteiger partial charge in [0.15, 0.2) is 0 Å². The molecule has 168 valence electrons. The molecule has 0 saturated carbocycles. The second-order valence-electron chi connectivity index (χ2n) is 8.50. The molecule has 31 heavy (non-hydrogen) atoms. The van der Waals surface area contributed by atoms with Crippen LogP contribution < -0.4 is 0 Å². The first kappa shape index (κ1) is 21.8. The van der Waals surface area contributed by atoms with Crippen LogP contribution in [0.3, 0.4) is 0 Å². The van der Waals surface area contributed by atoms with Crippen molar-refractivity contribution in [2.45, 2.75) is 38.2 Å². The van der Waals surface area contributed by atoms with Gasteiger partial charge in [-0.15, -0.1) is 0 Å². The summed E-state index contributed by atoms with van der Waals surface area (Å²) >= 11 is 0. The van der Waals surface area contributed by atoms with Crippen LogP contribution in [0.5, 0.6) is 0 Å². The third-order valence-corrected chi connectivity index (χ3v) is 6.25. The highest BCUT2D eigenvalue weighted by Gasteiger charge is 2.42. The number of hydrogen-bond donors (Lipinski definition) is 1. The van der Waals surface area contributed by atoms with Crippen LogP contribution >= 0.6 is 0 Å². The lowest BCUT2D eigenvalue weighted by molar-refractivity contribution is -0.141. The lowest BCUT2D eigenvalue weighted by atomic mass is 9.83. The van der Waals surface area contributed by atoms with Gasteiger partial charge in [-0.1, -0.05) is 30.3 Å². The molecule has 3 heterocycles. The van der Waals surface area contributed by atoms with Crippen molar-refractivity contribution in [3.8, 4) is 0 Å². The van der Waals surface area contributed by atoms with Gasteiger partial charge in [-0.05, 0) is 24.4 Å². The van der Waals surface area contributed by atoms with Gasteiger partial charge in [0, 0.05) is 26.1 Å². The van der Waals surface area contributed by atoms with Crippen molar-refractivity contribution in [2.24, 2.45) is 11.8 Å². The van der Waals surface area contributed by atoms with Gasteiger partial charge in [0.2, 0.25) is 5.91 Å². The van der Waals surface area contributed by atoms with Crippen molar-refractivity contribution in [3.05, 3.63) is 53.6 Å². The molecule has 0 spiro atoms. The number of carbonyl (C=O) groups is 1. The minimum absolute atomic E-state index is 0.0622. The standard InChI is InChI=1S/C22H27F3N4O2/c1-28(11-15-5-3-2-4-6-15)21(30)9-18-17-7-8-29(12-16(17)14-31-18)13-20-26-10-19(27-20)22(23,24)25/h2-6,10,16-18H,7-9,11-14H2,1H3,(H,26,27)/t16-,17-,18+/m1/s1. The quantitative estimate of drug-likeness (QED) is 0.755. The van der Waals surface area contributed by atoms with Gasteiger partial charge in [-0.25, -0.2) is 4.98 Å². The van der Waals surface area contributed by atoms with E-state index in [9.17, 15) is 18.0 Å². The van der Waals surface area contributed by atoms with E-state index in [0.29, 0.717) is 37.9 Å². The molecule has 6 nitrogen and oxygen atoms in total. The molecule has 1 N–H and O–H groups in total. The van der Waals surface area contributed by atoms with E-state index in [2.05, 4.69) is 14.9 Å². The summed E-state index contributed by atoms with van der Waals surface area (Å²) < 4.78 is 44.2. The van der Waals surface area contributed by atoms with Crippen LogP contribution in [0.25, 0.3) is 0 Å². The Morgan fingerprint density at radius 3 is 2.81 bits per heavy atom. The number of rotatable bonds is 6. The highest BCUT2D eigenvalue weighted by Crippen LogP contribution is 2.36. The molecule has 3 atom stereocenters. The molecule has 0 unspecified atom stereocenters. The zero-order valence-electron chi connectivity index (χ0n) is 17.4. The first-order valence-corrected chi connectivity index (χ1v) is 10.5. The van der Waals surface area contributed by atoms with Gasteiger partial charge in [-0.3, -0.25) is 9.69 Å². The normalized spacial score (nSPS) is 24.2. The topological polar surface area (TPSA) is 61.5 Å². The fourth-order valence-corrected chi connectivity index (χ4v) is 4.59. The molecule has 2 aliphatic heterocycles. The lowest BCUT2D eigenvalue weighted by Gasteiger charge is -2.35. The maximum atomic E-state index is 12.7. The van der Waals surface area contributed by atoms with E-state index in [-0.39, 0.29) is 17.9 Å². The minimum atomic E-state index is -4.41. The van der Waals surface area contributed by atoms with E-state index in [4.69, 9.17) is 4.74 Å². The van der Waals surface area contributed by atoms with Crippen molar-refractivity contribution < 1.29 is 22.7 Å². The molecule has 9 heteroatoms. The lowest BCUT2D eigenvalue weighted by Crippen LogP contribution is -2.42. The molecule has 1 aromatic heterocycles. The van der Waals surface area contributed by atoms with Crippen molar-refractivity contribution in [3.63, 3.8) is 0 Å². The first-order chi connectivity index (χ1) is 14.8. The number of nitrogens with one attached hydrogen (secondary N) is 1. The fraction of sp³-hybridized carbons (Fsp3) is 0.545. The predicted molar refractivity (Wildman–Crippen MR) is 108 cm³/mol. The van der Waals surface area contributed by atoms with Gasteiger partial charge in [0.1, 0.15) is 11.5 Å². The molecule has 2 fully saturated rings. The minimum Gasteiger partial charge on any atom is -0.377 e. The van der Waals surface area contributed by atoms with Crippen LogP contribution in [0.2, 0.25) is 0 Å². The van der Waals surface area contributed by atoms with Gasteiger partial charge in [-0.2, -0.15) is 13.2 Å². The van der Waals surface area contributed by atoms with E-state index in [1.807, 2.05) is 37.4 Å². The summed E-state index contributed by atoms with van der Waals surface area (Å²) in [6, 6.07) is 9.86. The molecule has 4 rings (SSSR count). The Kier molecular flexibility index (Phi) is 6.34. The van der Waals surface area contributed by atoms with Crippen LogP contribution in [0, 0.1) is 11.8 Å². The largest absolute Gasteiger partial charge is 0.432 e. The fourth-order valence-electron chi connectivity index (χ4n) is 4.59. The summed E-state index contributed by atoms with van der Waals surface area (Å²) in [4.78, 5) is 22.8. The second-order valence-corrected chi connectivity index (χ2v) is 8.50. The molecule has 2 aromatic rings. The molecule has 1 aromatic carbocycles. The second kappa shape index (κ2) is 9.00. The number of fused-ring (bicyclic) bond motifs is 1. The van der Waals surface area contributed by atoms with Crippen LogP contribution in [0.4, 0.5) is 13.2 Å². The average Bonchev–Trinajstić information content (AvgIpc) is 3.36. The third-order valence-electron chi connectivity index (χ3n) is 6.25. The van der Waals surface area contributed by atoms with Crippen LogP contribution in [0.1, 0.15) is 29.9 Å². The van der Waals surface area contributed by atoms with E-state index in [1.54, 1.807) is 4.90 Å². The van der Waals surface area contributed by atoms with Gasteiger partial charge in [0.25, 0.3) is 0 Å². The van der Waals surface area contributed by atoms with E-state index >= 15 is 0 Å². The average molecular weight is 436 g/mol. The number of halogens is 3. The van der Waals surface area contributed by atoms with Crippen molar-refractivity contribution in [2.75, 3.05) is 26.7 Å². The predicted octanol–water partition coefficient (Wildman–Crippen LogP) is 3.31. The maximum absolute atomic E-state index is 12.7. The van der Waals surface area contributed by atoms with E-state index in [1.165, 1.54) is 0 Å². The Morgan fingerprint density at radius 2 is 2.10 bits per heavy atom. The number of H-pyrrole nitrogens is 1. The summed E-state index contributed by atoms with van der Waals surface area (Å²) in [7, 11) is 1.81. The number of benzene rings is 1. The van der Waals surface area contributed by atoms with Crippen molar-refractivity contribution in [1.82, 2.24) is 19.8 Å². The highest BCUT2D eigenvalue weighted by atomic mass is 19.4. The number of likely N-dealkylation sites (tertiary alicyclic amines) is 1. The van der Waals surface area contributed by atoms with Gasteiger partial charge < -0.3 is 14.6 Å². The van der Waals surface area contributed by atoms with Crippen LogP contribution in [-0.4, -0.2) is 58.5 Å². The van der Waals surface area contributed by atoms with Crippen molar-refractivity contribution >= 4 is 5.91 Å². The Labute approximate surface area is 179 Å². The summed E-state index contributed by atoms with van der Waals surface area (Å²) in [6.07, 6.45) is -2.45. The Balaban J connectivity index is 1.27. The van der Waals surface area contributed by atoms with Crippen molar-refractivity contribution in [1.29, 1.82) is 0 Å². The molecule has 0 bridgehead atoms. The number of amides is 1. The summed E-state index contributed by atoms with van der Waals surface area (Å²) in [6.45, 7) is 2.97. The number of alkyl halides is 3. The number of ether oxygens (including phenoxy) is 1. The number of carbonyl (C=O) groups excluding carboxylic acids is 1. The molecule has 2 saturated heterocycles. The monoisotopic (exact) mass is 436 g/mol. The Morgan fingerprint density at radius 1 is 1.32 bits per heavy atom. The summed E-state index contributed by atoms with van der Waals surface area (Å²) in [5, 5.41) is 0. The molecular weight excluding hydrogens is 409 g/mol. The first-order valence-electron chi connectivity index (χ1n) is 10.5. The maximum Gasteiger partial charge on any atom is 0.432 e. The van der Waals surface area contributed by atoms with Gasteiger partial charge >= 0.3 is 6.18 Å². The van der Waals surface area contributed by atoms with Gasteiger partial charge in [0.05, 0.1) is 31.9 Å². The van der Waals surface area contributed by atoms with Crippen LogP contribution in [0.15, 0.2) is 36.5 Å².